The van der Waals surface area contributed by atoms with Crippen LogP contribution in [0.25, 0.3) is 0 Å². The molecule has 5 saturated carbocycles. The van der Waals surface area contributed by atoms with E-state index in [4.69, 9.17) is 0 Å². The van der Waals surface area contributed by atoms with Crippen molar-refractivity contribution < 1.29 is 5.11 Å². The van der Waals surface area contributed by atoms with E-state index in [2.05, 4.69) is 70.3 Å². The zero-order valence-corrected chi connectivity index (χ0v) is 29.4. The fourth-order valence-electron chi connectivity index (χ4n) is 13.7. The highest BCUT2D eigenvalue weighted by atomic mass is 16.3. The molecule has 4 heteroatoms. The van der Waals surface area contributed by atoms with Gasteiger partial charge in [-0.2, -0.15) is 0 Å². The minimum absolute atomic E-state index is 0.0434. The van der Waals surface area contributed by atoms with E-state index in [1.165, 1.54) is 122 Å². The Morgan fingerprint density at radius 3 is 2.28 bits per heavy atom. The summed E-state index contributed by atoms with van der Waals surface area (Å²) in [6.45, 7) is 28.5. The average molecular weight is 596 g/mol. The molecule has 6 rings (SSSR count). The summed E-state index contributed by atoms with van der Waals surface area (Å²) in [4.78, 5) is 5.12. The zero-order valence-electron chi connectivity index (χ0n) is 29.4. The molecule has 6 aliphatic rings. The normalized spacial score (nSPS) is 48.2. The Bertz CT molecular complexity index is 1020. The summed E-state index contributed by atoms with van der Waals surface area (Å²) < 4.78 is 0. The Kier molecular flexibility index (Phi) is 8.83. The van der Waals surface area contributed by atoms with Crippen LogP contribution in [0.5, 0.6) is 0 Å². The molecule has 5 aliphatic carbocycles. The first-order valence-electron chi connectivity index (χ1n) is 18.7. The molecule has 0 aromatic heterocycles. The summed E-state index contributed by atoms with van der Waals surface area (Å²) in [5, 5.41) is 15.0. The number of fused-ring (bicyclic) bond motifs is 7. The summed E-state index contributed by atoms with van der Waals surface area (Å²) in [6, 6.07) is 0. The first-order valence-corrected chi connectivity index (χ1v) is 18.7. The maximum atomic E-state index is 11.1. The third-order valence-corrected chi connectivity index (χ3v) is 16.4. The number of aliphatic hydroxyl groups excluding tert-OH is 1. The lowest BCUT2D eigenvalue weighted by atomic mass is 9.32. The number of hydrogen-bond acceptors (Lipinski definition) is 4. The van der Waals surface area contributed by atoms with Crippen LogP contribution in [0, 0.1) is 56.7 Å². The maximum Gasteiger partial charge on any atom is 0.0594 e. The van der Waals surface area contributed by atoms with E-state index in [9.17, 15) is 5.11 Å². The molecule has 0 aromatic carbocycles. The van der Waals surface area contributed by atoms with Crippen molar-refractivity contribution >= 4 is 0 Å². The Hall–Kier alpha value is -0.420. The van der Waals surface area contributed by atoms with Gasteiger partial charge in [-0.25, -0.2) is 0 Å². The summed E-state index contributed by atoms with van der Waals surface area (Å²) in [5.41, 5.74) is 3.24. The first-order chi connectivity index (χ1) is 20.3. The van der Waals surface area contributed by atoms with Crippen molar-refractivity contribution in [3.05, 3.63) is 12.2 Å². The van der Waals surface area contributed by atoms with E-state index >= 15 is 0 Å². The largest absolute Gasteiger partial charge is 0.393 e. The Morgan fingerprint density at radius 1 is 0.814 bits per heavy atom. The zero-order chi connectivity index (χ0) is 30.8. The minimum Gasteiger partial charge on any atom is -0.393 e. The van der Waals surface area contributed by atoms with Gasteiger partial charge in [0.05, 0.1) is 6.10 Å². The van der Waals surface area contributed by atoms with Crippen molar-refractivity contribution in [3.8, 4) is 0 Å². The standard InChI is InChI=1S/C39H69N3O/c1-28(2)29-12-17-39(20-22-40-21-9-23-42-26-24-41(8)25-27-42)19-18-37(6)30(34(29)39)10-11-32-36(5)15-14-33(43)35(3,4)31(36)13-16-38(32,37)7/h29-34,40,43H,1,9-27H2,2-8H3/t29-,30+,31-,32+,33-,34+,36-,37+,38+,39+/m0/s1. The number of nitrogens with one attached hydrogen (secondary N) is 1. The second-order valence-corrected chi connectivity index (χ2v) is 18.4. The van der Waals surface area contributed by atoms with Crippen LogP contribution in [0.15, 0.2) is 12.2 Å². The highest BCUT2D eigenvalue weighted by Gasteiger charge is 2.70. The summed E-state index contributed by atoms with van der Waals surface area (Å²) in [5.74, 6) is 3.83. The SMILES string of the molecule is C=C(C)[C@@H]1CC[C@]2(CCNCCCN3CCN(C)CC3)CC[C@]3(C)[C@H](CC[C@@H]4[C@@]5(C)CC[C@H](O)C(C)(C)[C@@H]5CC[C@]43C)[C@@H]12. The molecular formula is C39H69N3O. The molecule has 1 heterocycles. The van der Waals surface area contributed by atoms with E-state index < -0.39 is 0 Å². The van der Waals surface area contributed by atoms with Crippen molar-refractivity contribution in [2.24, 2.45) is 56.7 Å². The van der Waals surface area contributed by atoms with Crippen LogP contribution in [0.3, 0.4) is 0 Å². The van der Waals surface area contributed by atoms with Crippen LogP contribution in [-0.2, 0) is 0 Å². The van der Waals surface area contributed by atoms with Gasteiger partial charge in [0.15, 0.2) is 0 Å². The van der Waals surface area contributed by atoms with Gasteiger partial charge in [-0.1, -0.05) is 46.8 Å². The monoisotopic (exact) mass is 596 g/mol. The molecule has 246 valence electrons. The van der Waals surface area contributed by atoms with Crippen LogP contribution < -0.4 is 5.32 Å². The second-order valence-electron chi connectivity index (χ2n) is 18.4. The number of rotatable bonds is 8. The lowest BCUT2D eigenvalue weighted by molar-refractivity contribution is -0.247. The van der Waals surface area contributed by atoms with Gasteiger partial charge in [-0.05, 0) is 167 Å². The topological polar surface area (TPSA) is 38.7 Å². The van der Waals surface area contributed by atoms with E-state index in [0.29, 0.717) is 27.6 Å². The Morgan fingerprint density at radius 2 is 1.56 bits per heavy atom. The van der Waals surface area contributed by atoms with Crippen LogP contribution in [0.1, 0.15) is 119 Å². The molecule has 0 bridgehead atoms. The summed E-state index contributed by atoms with van der Waals surface area (Å²) in [7, 11) is 2.25. The lowest BCUT2D eigenvalue weighted by Crippen LogP contribution is -2.66. The molecule has 43 heavy (non-hydrogen) atoms. The van der Waals surface area contributed by atoms with Gasteiger partial charge >= 0.3 is 0 Å². The number of aliphatic hydroxyl groups is 1. The van der Waals surface area contributed by atoms with Crippen molar-refractivity contribution in [2.75, 3.05) is 52.9 Å². The smallest absolute Gasteiger partial charge is 0.0594 e. The fourth-order valence-corrected chi connectivity index (χ4v) is 13.7. The molecule has 0 radical (unpaired) electrons. The van der Waals surface area contributed by atoms with Gasteiger partial charge in [0, 0.05) is 26.2 Å². The van der Waals surface area contributed by atoms with E-state index in [0.717, 1.165) is 30.1 Å². The number of piperazine rings is 1. The number of nitrogens with zero attached hydrogens (tertiary/aromatic N) is 2. The highest BCUT2D eigenvalue weighted by Crippen LogP contribution is 2.77. The molecule has 1 saturated heterocycles. The van der Waals surface area contributed by atoms with Gasteiger partial charge in [-0.3, -0.25) is 0 Å². The summed E-state index contributed by atoms with van der Waals surface area (Å²) >= 11 is 0. The quantitative estimate of drug-likeness (QED) is 0.224. The predicted molar refractivity (Wildman–Crippen MR) is 181 cm³/mol. The van der Waals surface area contributed by atoms with Gasteiger partial charge in [0.1, 0.15) is 0 Å². The maximum absolute atomic E-state index is 11.1. The Labute approximate surface area is 266 Å². The van der Waals surface area contributed by atoms with Gasteiger partial charge < -0.3 is 20.2 Å². The molecule has 0 unspecified atom stereocenters. The minimum atomic E-state index is -0.132. The highest BCUT2D eigenvalue weighted by molar-refractivity contribution is 5.21. The number of hydrogen-bond donors (Lipinski definition) is 2. The van der Waals surface area contributed by atoms with Gasteiger partial charge in [0.25, 0.3) is 0 Å². The average Bonchev–Trinajstić information content (AvgIpc) is 3.34. The third kappa shape index (κ3) is 5.14. The third-order valence-electron chi connectivity index (χ3n) is 16.4. The second kappa shape index (κ2) is 11.7. The van der Waals surface area contributed by atoms with Gasteiger partial charge in [0.2, 0.25) is 0 Å². The molecule has 2 N–H and O–H groups in total. The molecule has 1 aliphatic heterocycles. The van der Waals surface area contributed by atoms with E-state index in [1.807, 2.05) is 0 Å². The van der Waals surface area contributed by atoms with Gasteiger partial charge in [-0.15, -0.1) is 0 Å². The van der Waals surface area contributed by atoms with E-state index in [1.54, 1.807) is 0 Å². The number of allylic oxidation sites excluding steroid dienone is 1. The molecule has 0 aromatic rings. The van der Waals surface area contributed by atoms with Crippen molar-refractivity contribution in [1.82, 2.24) is 15.1 Å². The molecule has 6 fully saturated rings. The molecular weight excluding hydrogens is 526 g/mol. The van der Waals surface area contributed by atoms with Crippen LogP contribution >= 0.6 is 0 Å². The lowest BCUT2D eigenvalue weighted by Gasteiger charge is -2.73. The molecule has 0 spiro atoms. The van der Waals surface area contributed by atoms with Crippen LogP contribution in [0.2, 0.25) is 0 Å². The predicted octanol–water partition coefficient (Wildman–Crippen LogP) is 7.62. The van der Waals surface area contributed by atoms with Crippen molar-refractivity contribution in [1.29, 1.82) is 0 Å². The molecule has 10 atom stereocenters. The fraction of sp³-hybridized carbons (Fsp3) is 0.949. The Balaban J connectivity index is 1.16. The number of likely N-dealkylation sites (N-methyl/N-ethyl adjacent to an activating group) is 1. The van der Waals surface area contributed by atoms with Crippen LogP contribution in [-0.4, -0.2) is 73.9 Å². The first kappa shape index (κ1) is 32.5. The van der Waals surface area contributed by atoms with Crippen molar-refractivity contribution in [3.63, 3.8) is 0 Å². The van der Waals surface area contributed by atoms with E-state index in [-0.39, 0.29) is 11.5 Å². The summed E-state index contributed by atoms with van der Waals surface area (Å²) in [6.07, 6.45) is 15.9. The van der Waals surface area contributed by atoms with Crippen LogP contribution in [0.4, 0.5) is 0 Å². The molecule has 0 amide bonds. The van der Waals surface area contributed by atoms with Crippen molar-refractivity contribution in [2.45, 2.75) is 125 Å². The molecule has 4 nitrogen and oxygen atoms in total.